The van der Waals surface area contributed by atoms with Gasteiger partial charge in [0.2, 0.25) is 5.91 Å². The summed E-state index contributed by atoms with van der Waals surface area (Å²) in [5.74, 6) is 0.766. The Morgan fingerprint density at radius 1 is 1.00 bits per heavy atom. The SMILES string of the molecule is Cc1cc2nc(-c3ccc(/C=C/C(=O)NCCc4ccccc4)cc3)[nH]c2cc1C. The van der Waals surface area contributed by atoms with Gasteiger partial charge >= 0.3 is 0 Å². The molecular weight excluding hydrogens is 370 g/mol. The number of rotatable bonds is 6. The van der Waals surface area contributed by atoms with E-state index in [-0.39, 0.29) is 5.91 Å². The highest BCUT2D eigenvalue weighted by Crippen LogP contribution is 2.23. The molecule has 4 aromatic rings. The third-order valence-corrected chi connectivity index (χ3v) is 5.26. The molecule has 0 radical (unpaired) electrons. The average Bonchev–Trinajstić information content (AvgIpc) is 3.16. The van der Waals surface area contributed by atoms with E-state index in [1.54, 1.807) is 6.08 Å². The van der Waals surface area contributed by atoms with Gasteiger partial charge in [0, 0.05) is 18.2 Å². The number of nitrogens with zero attached hydrogens (tertiary/aromatic N) is 1. The number of imidazole rings is 1. The van der Waals surface area contributed by atoms with Crippen LogP contribution in [-0.2, 0) is 11.2 Å². The largest absolute Gasteiger partial charge is 0.352 e. The van der Waals surface area contributed by atoms with Crippen LogP contribution in [-0.4, -0.2) is 22.4 Å². The molecule has 0 aliphatic rings. The maximum atomic E-state index is 12.0. The number of hydrogen-bond acceptors (Lipinski definition) is 2. The normalized spacial score (nSPS) is 11.3. The third kappa shape index (κ3) is 4.66. The highest BCUT2D eigenvalue weighted by molar-refractivity contribution is 5.91. The van der Waals surface area contributed by atoms with Crippen LogP contribution in [0.25, 0.3) is 28.5 Å². The molecule has 4 heteroatoms. The van der Waals surface area contributed by atoms with Gasteiger partial charge in [-0.15, -0.1) is 0 Å². The molecule has 30 heavy (non-hydrogen) atoms. The lowest BCUT2D eigenvalue weighted by atomic mass is 10.1. The van der Waals surface area contributed by atoms with Crippen LogP contribution in [0.15, 0.2) is 72.8 Å². The first-order valence-corrected chi connectivity index (χ1v) is 10.2. The summed E-state index contributed by atoms with van der Waals surface area (Å²) in [6.45, 7) is 4.83. The van der Waals surface area contributed by atoms with Crippen LogP contribution >= 0.6 is 0 Å². The van der Waals surface area contributed by atoms with Gasteiger partial charge in [0.1, 0.15) is 5.82 Å². The van der Waals surface area contributed by atoms with E-state index in [0.29, 0.717) is 6.54 Å². The minimum atomic E-state index is -0.0852. The molecule has 4 nitrogen and oxygen atoms in total. The fourth-order valence-electron chi connectivity index (χ4n) is 3.36. The molecule has 0 fully saturated rings. The highest BCUT2D eigenvalue weighted by atomic mass is 16.1. The topological polar surface area (TPSA) is 57.8 Å². The summed E-state index contributed by atoms with van der Waals surface area (Å²) in [5.41, 5.74) is 7.72. The zero-order chi connectivity index (χ0) is 20.9. The standard InChI is InChI=1S/C26H25N3O/c1-18-16-23-24(17-19(18)2)29-26(28-23)22-11-8-21(9-12-22)10-13-25(30)27-15-14-20-6-4-3-5-7-20/h3-13,16-17H,14-15H2,1-2H3,(H,27,30)(H,28,29)/b13-10+. The number of aromatic amines is 1. The molecule has 0 saturated carbocycles. The number of nitrogens with one attached hydrogen (secondary N) is 2. The Morgan fingerprint density at radius 3 is 2.50 bits per heavy atom. The van der Waals surface area contributed by atoms with E-state index in [9.17, 15) is 4.79 Å². The van der Waals surface area contributed by atoms with Crippen LogP contribution in [0, 0.1) is 13.8 Å². The van der Waals surface area contributed by atoms with Crippen molar-refractivity contribution in [2.24, 2.45) is 0 Å². The number of amides is 1. The molecule has 150 valence electrons. The molecule has 0 unspecified atom stereocenters. The van der Waals surface area contributed by atoms with E-state index in [4.69, 9.17) is 4.98 Å². The maximum Gasteiger partial charge on any atom is 0.244 e. The first kappa shape index (κ1) is 19.6. The van der Waals surface area contributed by atoms with Crippen LogP contribution in [0.2, 0.25) is 0 Å². The smallest absolute Gasteiger partial charge is 0.244 e. The van der Waals surface area contributed by atoms with Crippen molar-refractivity contribution in [3.63, 3.8) is 0 Å². The van der Waals surface area contributed by atoms with E-state index in [1.807, 2.05) is 48.5 Å². The van der Waals surface area contributed by atoms with Crippen LogP contribution in [0.5, 0.6) is 0 Å². The van der Waals surface area contributed by atoms with Crippen molar-refractivity contribution in [3.8, 4) is 11.4 Å². The van der Waals surface area contributed by atoms with Gasteiger partial charge in [-0.05, 0) is 60.7 Å². The first-order valence-electron chi connectivity index (χ1n) is 10.2. The molecule has 1 aromatic heterocycles. The first-order chi connectivity index (χ1) is 14.6. The van der Waals surface area contributed by atoms with Crippen LogP contribution in [0.4, 0.5) is 0 Å². The second-order valence-corrected chi connectivity index (χ2v) is 7.52. The van der Waals surface area contributed by atoms with Crippen LogP contribution in [0.1, 0.15) is 22.3 Å². The van der Waals surface area contributed by atoms with Crippen LogP contribution < -0.4 is 5.32 Å². The van der Waals surface area contributed by atoms with Crippen molar-refractivity contribution in [2.75, 3.05) is 6.54 Å². The molecular formula is C26H25N3O. The lowest BCUT2D eigenvalue weighted by Crippen LogP contribution is -2.23. The average molecular weight is 396 g/mol. The van der Waals surface area contributed by atoms with Crippen molar-refractivity contribution >= 4 is 23.0 Å². The minimum absolute atomic E-state index is 0.0852. The quantitative estimate of drug-likeness (QED) is 0.440. The van der Waals surface area contributed by atoms with Gasteiger partial charge in [-0.25, -0.2) is 4.98 Å². The molecule has 3 aromatic carbocycles. The number of carbonyl (C=O) groups excluding carboxylic acids is 1. The van der Waals surface area contributed by atoms with E-state index >= 15 is 0 Å². The maximum absolute atomic E-state index is 12.0. The fourth-order valence-corrected chi connectivity index (χ4v) is 3.36. The van der Waals surface area contributed by atoms with Gasteiger partial charge in [0.25, 0.3) is 0 Å². The third-order valence-electron chi connectivity index (χ3n) is 5.26. The Kier molecular flexibility index (Phi) is 5.75. The molecule has 1 heterocycles. The Bertz CT molecular complexity index is 1150. The van der Waals surface area contributed by atoms with Gasteiger partial charge in [0.05, 0.1) is 11.0 Å². The summed E-state index contributed by atoms with van der Waals surface area (Å²) in [6, 6.07) is 22.4. The van der Waals surface area contributed by atoms with Gasteiger partial charge in [-0.1, -0.05) is 54.6 Å². The minimum Gasteiger partial charge on any atom is -0.352 e. The van der Waals surface area contributed by atoms with Gasteiger partial charge < -0.3 is 10.3 Å². The Hall–Kier alpha value is -3.66. The zero-order valence-corrected chi connectivity index (χ0v) is 17.3. The number of H-pyrrole nitrogens is 1. The predicted molar refractivity (Wildman–Crippen MR) is 123 cm³/mol. The van der Waals surface area contributed by atoms with Gasteiger partial charge in [0.15, 0.2) is 0 Å². The number of aromatic nitrogens is 2. The highest BCUT2D eigenvalue weighted by Gasteiger charge is 2.07. The van der Waals surface area contributed by atoms with Crippen molar-refractivity contribution in [1.82, 2.24) is 15.3 Å². The van der Waals surface area contributed by atoms with Gasteiger partial charge in [-0.3, -0.25) is 4.79 Å². The zero-order valence-electron chi connectivity index (χ0n) is 17.3. The lowest BCUT2D eigenvalue weighted by molar-refractivity contribution is -0.116. The van der Waals surface area contributed by atoms with Gasteiger partial charge in [-0.2, -0.15) is 0 Å². The summed E-state index contributed by atoms with van der Waals surface area (Å²) in [6.07, 6.45) is 4.23. The second kappa shape index (κ2) is 8.78. The number of hydrogen-bond donors (Lipinski definition) is 2. The van der Waals surface area contributed by atoms with E-state index in [2.05, 4.69) is 48.4 Å². The molecule has 0 bridgehead atoms. The molecule has 0 saturated heterocycles. The molecule has 4 rings (SSSR count). The van der Waals surface area contributed by atoms with Crippen LogP contribution in [0.3, 0.4) is 0 Å². The van der Waals surface area contributed by atoms with Crippen molar-refractivity contribution in [2.45, 2.75) is 20.3 Å². The molecule has 0 aliphatic carbocycles. The predicted octanol–water partition coefficient (Wildman–Crippen LogP) is 5.22. The Balaban J connectivity index is 1.37. The molecule has 0 atom stereocenters. The molecule has 0 spiro atoms. The lowest BCUT2D eigenvalue weighted by Gasteiger charge is -2.02. The van der Waals surface area contributed by atoms with E-state index in [0.717, 1.165) is 34.4 Å². The summed E-state index contributed by atoms with van der Waals surface area (Å²) >= 11 is 0. The molecule has 0 aliphatic heterocycles. The number of aryl methyl sites for hydroxylation is 2. The number of carbonyl (C=O) groups is 1. The summed E-state index contributed by atoms with van der Waals surface area (Å²) < 4.78 is 0. The fraction of sp³-hybridized carbons (Fsp3) is 0.154. The van der Waals surface area contributed by atoms with Crippen molar-refractivity contribution < 1.29 is 4.79 Å². The Morgan fingerprint density at radius 2 is 1.73 bits per heavy atom. The monoisotopic (exact) mass is 395 g/mol. The summed E-state index contributed by atoms with van der Waals surface area (Å²) in [7, 11) is 0. The second-order valence-electron chi connectivity index (χ2n) is 7.52. The molecule has 2 N–H and O–H groups in total. The molecule has 1 amide bonds. The number of benzene rings is 3. The Labute approximate surface area is 176 Å². The van der Waals surface area contributed by atoms with Crippen molar-refractivity contribution in [1.29, 1.82) is 0 Å². The van der Waals surface area contributed by atoms with E-state index in [1.165, 1.54) is 16.7 Å². The summed E-state index contributed by atoms with van der Waals surface area (Å²) in [4.78, 5) is 20.1. The number of fused-ring (bicyclic) bond motifs is 1. The van der Waals surface area contributed by atoms with Crippen molar-refractivity contribution in [3.05, 3.63) is 95.1 Å². The van der Waals surface area contributed by atoms with E-state index < -0.39 is 0 Å². The summed E-state index contributed by atoms with van der Waals surface area (Å²) in [5, 5.41) is 2.92.